The Bertz CT molecular complexity index is 1750. The number of imidazole rings is 1. The lowest BCUT2D eigenvalue weighted by Crippen LogP contribution is -2.29. The van der Waals surface area contributed by atoms with Gasteiger partial charge < -0.3 is 29.9 Å². The molecule has 0 aliphatic carbocycles. The highest BCUT2D eigenvalue weighted by Gasteiger charge is 2.37. The second-order valence-corrected chi connectivity index (χ2v) is 10.2. The first kappa shape index (κ1) is 33.8. The highest BCUT2D eigenvalue weighted by Crippen LogP contribution is 2.39. The van der Waals surface area contributed by atoms with Crippen molar-refractivity contribution >= 4 is 40.0 Å². The lowest BCUT2D eigenvalue weighted by atomic mass is 10.2. The smallest absolute Gasteiger partial charge is 0.494 e. The van der Waals surface area contributed by atoms with E-state index in [1.165, 1.54) is 20.1 Å². The van der Waals surface area contributed by atoms with Crippen molar-refractivity contribution in [1.29, 1.82) is 0 Å². The quantitative estimate of drug-likeness (QED) is 0.151. The summed E-state index contributed by atoms with van der Waals surface area (Å²) in [7, 11) is 7.03. The molecule has 246 valence electrons. The van der Waals surface area contributed by atoms with Crippen molar-refractivity contribution < 1.29 is 40.6 Å². The third-order valence-electron chi connectivity index (χ3n) is 6.61. The molecule has 0 bridgehead atoms. The number of aromatic nitrogens is 4. The number of alkyl halides is 6. The Balaban J connectivity index is 1.82. The molecule has 0 fully saturated rings. The number of benzene rings is 2. The summed E-state index contributed by atoms with van der Waals surface area (Å²) in [6.45, 7) is 6.12. The highest BCUT2D eigenvalue weighted by atomic mass is 19.4. The van der Waals surface area contributed by atoms with Crippen LogP contribution in [0.2, 0.25) is 0 Å². The van der Waals surface area contributed by atoms with Crippen molar-refractivity contribution in [1.82, 2.24) is 24.4 Å². The third-order valence-corrected chi connectivity index (χ3v) is 6.61. The molecule has 46 heavy (non-hydrogen) atoms. The number of carbonyl (C=O) groups is 1. The summed E-state index contributed by atoms with van der Waals surface area (Å²) in [5.41, 5.74) is -0.103. The van der Waals surface area contributed by atoms with Crippen LogP contribution in [0.4, 0.5) is 49.4 Å². The first-order valence-electron chi connectivity index (χ1n) is 13.5. The van der Waals surface area contributed by atoms with Crippen LogP contribution in [0.5, 0.6) is 11.5 Å². The third kappa shape index (κ3) is 7.77. The number of nitrogens with one attached hydrogen (secondary N) is 2. The number of halogens is 6. The number of anilines is 4. The van der Waals surface area contributed by atoms with E-state index in [4.69, 9.17) is 4.74 Å². The lowest BCUT2D eigenvalue weighted by Gasteiger charge is -2.26. The van der Waals surface area contributed by atoms with Crippen molar-refractivity contribution in [3.8, 4) is 17.3 Å². The van der Waals surface area contributed by atoms with Gasteiger partial charge in [0.15, 0.2) is 5.82 Å². The predicted molar refractivity (Wildman–Crippen MR) is 160 cm³/mol. The van der Waals surface area contributed by atoms with E-state index in [0.29, 0.717) is 30.7 Å². The number of aryl methyl sites for hydroxylation is 1. The number of hydrogen-bond acceptors (Lipinski definition) is 9. The molecule has 0 aliphatic rings. The standard InChI is InChI=1S/C29H30F6N8O3/c1-7-25(44)38-20-13-21(24(45-6)14-23(20)42(5)11-10-41(3)4)39-27-36-15-18(28(30,31)32)26(40-27)43-16(2)37-19-12-17(8-9-22(19)43)46-29(33,34)35/h7-9,12-15H,1,10-11H2,2-6H3,(H,38,44)(H,36,39,40). The van der Waals surface area contributed by atoms with Gasteiger partial charge in [0.05, 0.1) is 35.2 Å². The maximum atomic E-state index is 14.2. The fourth-order valence-electron chi connectivity index (χ4n) is 4.47. The zero-order chi connectivity index (χ0) is 34.0. The molecule has 0 radical (unpaired) electrons. The van der Waals surface area contributed by atoms with E-state index in [9.17, 15) is 31.1 Å². The molecule has 2 N–H and O–H groups in total. The number of ether oxygens (including phenoxy) is 2. The summed E-state index contributed by atoms with van der Waals surface area (Å²) < 4.78 is 91.3. The molecular weight excluding hydrogens is 622 g/mol. The van der Waals surface area contributed by atoms with E-state index >= 15 is 0 Å². The van der Waals surface area contributed by atoms with Crippen LogP contribution in [0.1, 0.15) is 11.4 Å². The van der Waals surface area contributed by atoms with Crippen LogP contribution in [-0.4, -0.2) is 78.0 Å². The summed E-state index contributed by atoms with van der Waals surface area (Å²) in [5, 5.41) is 5.58. The molecule has 17 heteroatoms. The average molecular weight is 653 g/mol. The van der Waals surface area contributed by atoms with Crippen molar-refractivity contribution in [3.05, 3.63) is 60.6 Å². The first-order chi connectivity index (χ1) is 21.5. The summed E-state index contributed by atoms with van der Waals surface area (Å²) in [5.74, 6) is -1.74. The fourth-order valence-corrected chi connectivity index (χ4v) is 4.47. The molecule has 2 heterocycles. The van der Waals surface area contributed by atoms with Crippen LogP contribution in [-0.2, 0) is 11.0 Å². The van der Waals surface area contributed by atoms with E-state index in [1.807, 2.05) is 30.9 Å². The molecule has 0 saturated carbocycles. The van der Waals surface area contributed by atoms with Crippen molar-refractivity contribution in [2.45, 2.75) is 19.5 Å². The number of carbonyl (C=O) groups excluding carboxylic acids is 1. The van der Waals surface area contributed by atoms with Crippen LogP contribution < -0.4 is 25.0 Å². The van der Waals surface area contributed by atoms with Gasteiger partial charge in [-0.3, -0.25) is 9.36 Å². The zero-order valence-electron chi connectivity index (χ0n) is 25.3. The molecule has 0 saturated heterocycles. The Hall–Kier alpha value is -5.06. The molecule has 4 aromatic rings. The lowest BCUT2D eigenvalue weighted by molar-refractivity contribution is -0.274. The minimum Gasteiger partial charge on any atom is -0.494 e. The van der Waals surface area contributed by atoms with Crippen LogP contribution in [0.3, 0.4) is 0 Å². The Morgan fingerprint density at radius 3 is 2.37 bits per heavy atom. The topological polar surface area (TPSA) is 110 Å². The van der Waals surface area contributed by atoms with Crippen molar-refractivity contribution in [3.63, 3.8) is 0 Å². The van der Waals surface area contributed by atoms with E-state index in [-0.39, 0.29) is 34.2 Å². The SMILES string of the molecule is C=CC(=O)Nc1cc(Nc2ncc(C(F)(F)F)c(-n3c(C)nc4cc(OC(F)(F)F)ccc43)n2)c(OC)cc1N(C)CCN(C)C. The number of amides is 1. The van der Waals surface area contributed by atoms with Gasteiger partial charge in [0.2, 0.25) is 11.9 Å². The molecule has 2 aromatic heterocycles. The van der Waals surface area contributed by atoms with Gasteiger partial charge in [0.25, 0.3) is 0 Å². The number of methoxy groups -OCH3 is 1. The monoisotopic (exact) mass is 652 g/mol. The molecule has 0 aliphatic heterocycles. The van der Waals surface area contributed by atoms with Gasteiger partial charge in [-0.2, -0.15) is 18.2 Å². The minimum absolute atomic E-state index is 0.00595. The molecular formula is C29H30F6N8O3. The van der Waals surface area contributed by atoms with Crippen LogP contribution in [0.15, 0.2) is 49.2 Å². The summed E-state index contributed by atoms with van der Waals surface area (Å²) >= 11 is 0. The summed E-state index contributed by atoms with van der Waals surface area (Å²) in [6.07, 6.45) is -8.22. The zero-order valence-corrected chi connectivity index (χ0v) is 25.3. The molecule has 0 unspecified atom stereocenters. The number of rotatable bonds is 11. The predicted octanol–water partition coefficient (Wildman–Crippen LogP) is 5.92. The second-order valence-electron chi connectivity index (χ2n) is 10.2. The highest BCUT2D eigenvalue weighted by molar-refractivity contribution is 6.02. The summed E-state index contributed by atoms with van der Waals surface area (Å²) in [4.78, 5) is 28.3. The maximum Gasteiger partial charge on any atom is 0.573 e. The van der Waals surface area contributed by atoms with E-state index in [0.717, 1.165) is 28.8 Å². The molecule has 0 spiro atoms. The average Bonchev–Trinajstić information content (AvgIpc) is 3.29. The maximum absolute atomic E-state index is 14.2. The van der Waals surface area contributed by atoms with Gasteiger partial charge in [-0.05, 0) is 45.3 Å². The Labute approximate surface area is 259 Å². The van der Waals surface area contributed by atoms with Crippen LogP contribution >= 0.6 is 0 Å². The normalized spacial score (nSPS) is 11.9. The number of likely N-dealkylation sites (N-methyl/N-ethyl adjacent to an activating group) is 2. The van der Waals surface area contributed by atoms with Crippen LogP contribution in [0, 0.1) is 6.92 Å². The van der Waals surface area contributed by atoms with Crippen molar-refractivity contribution in [2.24, 2.45) is 0 Å². The fraction of sp³-hybridized carbons (Fsp3) is 0.310. The van der Waals surface area contributed by atoms with Gasteiger partial charge in [-0.15, -0.1) is 13.2 Å². The van der Waals surface area contributed by atoms with Crippen LogP contribution in [0.25, 0.3) is 16.9 Å². The molecule has 1 amide bonds. The van der Waals surface area contributed by atoms with Gasteiger partial charge in [0.1, 0.15) is 22.9 Å². The van der Waals surface area contributed by atoms with Gasteiger partial charge in [0, 0.05) is 38.5 Å². The van der Waals surface area contributed by atoms with E-state index in [2.05, 4.69) is 36.9 Å². The van der Waals surface area contributed by atoms with Gasteiger partial charge >= 0.3 is 12.5 Å². The molecule has 4 rings (SSSR count). The summed E-state index contributed by atoms with van der Waals surface area (Å²) in [6, 6.07) is 6.22. The largest absolute Gasteiger partial charge is 0.573 e. The molecule has 0 atom stereocenters. The minimum atomic E-state index is -4.97. The number of hydrogen-bond donors (Lipinski definition) is 2. The molecule has 11 nitrogen and oxygen atoms in total. The van der Waals surface area contributed by atoms with E-state index in [1.54, 1.807) is 6.07 Å². The Morgan fingerprint density at radius 2 is 1.76 bits per heavy atom. The Kier molecular flexibility index (Phi) is 9.65. The van der Waals surface area contributed by atoms with Crippen molar-refractivity contribution in [2.75, 3.05) is 56.9 Å². The first-order valence-corrected chi connectivity index (χ1v) is 13.5. The number of nitrogens with zero attached hydrogens (tertiary/aromatic N) is 6. The van der Waals surface area contributed by atoms with Gasteiger partial charge in [-0.1, -0.05) is 6.58 Å². The number of fused-ring (bicyclic) bond motifs is 1. The van der Waals surface area contributed by atoms with E-state index < -0.39 is 35.6 Å². The Morgan fingerprint density at radius 1 is 1.04 bits per heavy atom. The second kappa shape index (κ2) is 13.1. The molecule has 2 aromatic carbocycles. The van der Waals surface area contributed by atoms with Gasteiger partial charge in [-0.25, -0.2) is 9.97 Å².